The average Bonchev–Trinajstić information content (AvgIpc) is 2.46. The van der Waals surface area contributed by atoms with Crippen LogP contribution in [0.5, 0.6) is 0 Å². The molecule has 0 unspecified atom stereocenters. The maximum Gasteiger partial charge on any atom is 0.0797 e. The predicted octanol–water partition coefficient (Wildman–Crippen LogP) is 4.06. The summed E-state index contributed by atoms with van der Waals surface area (Å²) in [7, 11) is 0. The molecule has 1 aromatic carbocycles. The maximum atomic E-state index is 4.30. The zero-order valence-corrected chi connectivity index (χ0v) is 14.3. The Balaban J connectivity index is 2.05. The van der Waals surface area contributed by atoms with Crippen LogP contribution in [-0.2, 0) is 11.8 Å². The molecule has 1 nitrogen and oxygen atoms in total. The zero-order valence-electron chi connectivity index (χ0n) is 14.3. The van der Waals surface area contributed by atoms with Gasteiger partial charge in [0.25, 0.3) is 0 Å². The highest BCUT2D eigenvalue weighted by Crippen LogP contribution is 2.56. The number of benzene rings is 1. The second kappa shape index (κ2) is 5.12. The summed E-state index contributed by atoms with van der Waals surface area (Å²) in [6, 6.07) is 7.34. The van der Waals surface area contributed by atoms with Crippen LogP contribution in [0, 0.1) is 11.3 Å². The van der Waals surface area contributed by atoms with E-state index in [0.29, 0.717) is 16.7 Å². The first kappa shape index (κ1) is 15.1. The molecule has 1 fully saturated rings. The summed E-state index contributed by atoms with van der Waals surface area (Å²) in [6.45, 7) is 10.7. The molecular formula is C20H32N+. The molecule has 3 atom stereocenters. The van der Waals surface area contributed by atoms with Crippen molar-refractivity contribution >= 4 is 0 Å². The highest BCUT2D eigenvalue weighted by Gasteiger charge is 2.51. The maximum absolute atomic E-state index is 4.30. The second-order valence-electron chi connectivity index (χ2n) is 8.34. The van der Waals surface area contributed by atoms with E-state index in [2.05, 4.69) is 51.6 Å². The third-order valence-corrected chi connectivity index (χ3v) is 6.74. The molecule has 1 saturated carbocycles. The van der Waals surface area contributed by atoms with Gasteiger partial charge in [-0.2, -0.15) is 0 Å². The monoisotopic (exact) mass is 286 g/mol. The molecule has 0 heterocycles. The fourth-order valence-corrected chi connectivity index (χ4v) is 5.30. The highest BCUT2D eigenvalue weighted by molar-refractivity contribution is 5.42. The van der Waals surface area contributed by atoms with E-state index >= 15 is 0 Å². The van der Waals surface area contributed by atoms with Gasteiger partial charge in [0.2, 0.25) is 0 Å². The largest absolute Gasteiger partial charge is 0.357 e. The zero-order chi connectivity index (χ0) is 15.3. The fraction of sp³-hybridized carbons (Fsp3) is 0.700. The Labute approximate surface area is 130 Å². The van der Waals surface area contributed by atoms with Crippen molar-refractivity contribution in [1.82, 2.24) is 0 Å². The standard InChI is InChI=1S/C20H31N/c1-14(2)15-6-8-17-16(12-15)7-9-18-19(3,13-21)10-5-11-20(17,18)4/h6,8,12,14,18H,5,7,9-11,13,21H2,1-4H3/p+1/t18-,19+,20+/m1/s1. The van der Waals surface area contributed by atoms with E-state index in [4.69, 9.17) is 0 Å². The third kappa shape index (κ3) is 2.25. The van der Waals surface area contributed by atoms with Crippen molar-refractivity contribution in [3.05, 3.63) is 34.9 Å². The van der Waals surface area contributed by atoms with Gasteiger partial charge in [0.1, 0.15) is 0 Å². The van der Waals surface area contributed by atoms with Crippen LogP contribution >= 0.6 is 0 Å². The quantitative estimate of drug-likeness (QED) is 0.849. The minimum absolute atomic E-state index is 0.383. The van der Waals surface area contributed by atoms with Crippen LogP contribution in [0.1, 0.15) is 76.0 Å². The normalized spacial score (nSPS) is 35.4. The van der Waals surface area contributed by atoms with Gasteiger partial charge in [-0.15, -0.1) is 0 Å². The molecule has 21 heavy (non-hydrogen) atoms. The lowest BCUT2D eigenvalue weighted by atomic mass is 9.50. The second-order valence-corrected chi connectivity index (χ2v) is 8.34. The van der Waals surface area contributed by atoms with Crippen molar-refractivity contribution in [2.75, 3.05) is 6.54 Å². The van der Waals surface area contributed by atoms with Crippen molar-refractivity contribution in [2.45, 2.75) is 71.1 Å². The molecule has 0 amide bonds. The molecular weight excluding hydrogens is 254 g/mol. The Hall–Kier alpha value is -0.820. The summed E-state index contributed by atoms with van der Waals surface area (Å²) in [5.74, 6) is 1.45. The molecule has 0 bridgehead atoms. The van der Waals surface area contributed by atoms with Gasteiger partial charge >= 0.3 is 0 Å². The Morgan fingerprint density at radius 2 is 2.00 bits per heavy atom. The van der Waals surface area contributed by atoms with Gasteiger partial charge < -0.3 is 5.73 Å². The molecule has 2 aliphatic rings. The highest BCUT2D eigenvalue weighted by atomic mass is 14.7. The molecule has 1 aromatic rings. The van der Waals surface area contributed by atoms with Gasteiger partial charge in [-0.1, -0.05) is 52.3 Å². The van der Waals surface area contributed by atoms with E-state index in [9.17, 15) is 0 Å². The number of rotatable bonds is 2. The van der Waals surface area contributed by atoms with Crippen LogP contribution in [-0.4, -0.2) is 6.54 Å². The Morgan fingerprint density at radius 3 is 2.67 bits per heavy atom. The molecule has 0 saturated heterocycles. The summed E-state index contributed by atoms with van der Waals surface area (Å²) in [5.41, 5.74) is 9.92. The van der Waals surface area contributed by atoms with Gasteiger partial charge in [-0.3, -0.25) is 0 Å². The Bertz CT molecular complexity index is 533. The molecule has 0 radical (unpaired) electrons. The fourth-order valence-electron chi connectivity index (χ4n) is 5.30. The molecule has 116 valence electrons. The number of hydrogen-bond donors (Lipinski definition) is 1. The molecule has 0 aromatic heterocycles. The molecule has 0 aliphatic heterocycles. The summed E-state index contributed by atoms with van der Waals surface area (Å²) in [5, 5.41) is 0. The van der Waals surface area contributed by atoms with E-state index in [1.807, 2.05) is 0 Å². The van der Waals surface area contributed by atoms with Crippen LogP contribution in [0.25, 0.3) is 0 Å². The molecule has 1 heteroatoms. The van der Waals surface area contributed by atoms with Crippen LogP contribution in [0.4, 0.5) is 0 Å². The number of fused-ring (bicyclic) bond motifs is 3. The Kier molecular flexibility index (Phi) is 3.68. The van der Waals surface area contributed by atoms with E-state index in [-0.39, 0.29) is 0 Å². The first-order chi connectivity index (χ1) is 9.90. The van der Waals surface area contributed by atoms with E-state index in [1.165, 1.54) is 37.7 Å². The number of aryl methyl sites for hydroxylation is 1. The number of quaternary nitrogens is 1. The summed E-state index contributed by atoms with van der Waals surface area (Å²) >= 11 is 0. The lowest BCUT2D eigenvalue weighted by Crippen LogP contribution is -2.63. The van der Waals surface area contributed by atoms with Crippen LogP contribution in [0.2, 0.25) is 0 Å². The minimum Gasteiger partial charge on any atom is -0.357 e. The third-order valence-electron chi connectivity index (χ3n) is 6.74. The topological polar surface area (TPSA) is 27.6 Å². The molecule has 3 rings (SSSR count). The van der Waals surface area contributed by atoms with Gasteiger partial charge in [-0.25, -0.2) is 0 Å². The predicted molar refractivity (Wildman–Crippen MR) is 89.4 cm³/mol. The van der Waals surface area contributed by atoms with Crippen molar-refractivity contribution in [2.24, 2.45) is 11.3 Å². The van der Waals surface area contributed by atoms with Crippen LogP contribution in [0.15, 0.2) is 18.2 Å². The first-order valence-electron chi connectivity index (χ1n) is 8.83. The SMILES string of the molecule is CC(C)c1ccc2c(c1)CC[C@@H]1[C@](C)(C[NH3+])CCC[C@@]21C. The molecule has 3 N–H and O–H groups in total. The Morgan fingerprint density at radius 1 is 1.24 bits per heavy atom. The average molecular weight is 286 g/mol. The summed E-state index contributed by atoms with van der Waals surface area (Å²) < 4.78 is 0. The minimum atomic E-state index is 0.383. The molecule has 0 spiro atoms. The van der Waals surface area contributed by atoms with Crippen molar-refractivity contribution in [3.63, 3.8) is 0 Å². The van der Waals surface area contributed by atoms with Gasteiger partial charge in [0.15, 0.2) is 0 Å². The van der Waals surface area contributed by atoms with Crippen LogP contribution in [0.3, 0.4) is 0 Å². The van der Waals surface area contributed by atoms with Crippen molar-refractivity contribution in [1.29, 1.82) is 0 Å². The van der Waals surface area contributed by atoms with Gasteiger partial charge in [0.05, 0.1) is 6.54 Å². The summed E-state index contributed by atoms with van der Waals surface area (Å²) in [6.07, 6.45) is 6.73. The van der Waals surface area contributed by atoms with Crippen molar-refractivity contribution in [3.8, 4) is 0 Å². The van der Waals surface area contributed by atoms with E-state index in [0.717, 1.165) is 12.5 Å². The first-order valence-corrected chi connectivity index (χ1v) is 8.83. The smallest absolute Gasteiger partial charge is 0.0797 e. The lowest BCUT2D eigenvalue weighted by molar-refractivity contribution is -0.399. The van der Waals surface area contributed by atoms with Crippen LogP contribution < -0.4 is 5.73 Å². The van der Waals surface area contributed by atoms with Gasteiger partial charge in [0, 0.05) is 5.41 Å². The van der Waals surface area contributed by atoms with Crippen molar-refractivity contribution < 1.29 is 5.73 Å². The lowest BCUT2D eigenvalue weighted by Gasteiger charge is -2.54. The summed E-state index contributed by atoms with van der Waals surface area (Å²) in [4.78, 5) is 0. The number of hydrogen-bond acceptors (Lipinski definition) is 0. The van der Waals surface area contributed by atoms with Gasteiger partial charge in [-0.05, 0) is 59.6 Å². The molecule has 2 aliphatic carbocycles. The van der Waals surface area contributed by atoms with E-state index in [1.54, 1.807) is 11.1 Å². The van der Waals surface area contributed by atoms with E-state index < -0.39 is 0 Å².